The largest absolute Gasteiger partial charge is 0.470 e. The minimum Gasteiger partial charge on any atom is -0.470 e. The molecule has 1 aromatic heterocycles. The van der Waals surface area contributed by atoms with Crippen LogP contribution in [0, 0.1) is 0 Å². The SMILES string of the molecule is OCc1cocc1Nc1cc(Cl)cc(Cl)c1. The standard InChI is InChI=1S/C11H9Cl2NO2/c12-8-1-9(13)3-10(2-8)14-11-6-16-5-7(11)4-15/h1-3,5-6,14-15H,4H2. The molecule has 3 nitrogen and oxygen atoms in total. The van der Waals surface area contributed by atoms with Gasteiger partial charge in [0.05, 0.1) is 18.6 Å². The van der Waals surface area contributed by atoms with Gasteiger partial charge in [0, 0.05) is 21.3 Å². The summed E-state index contributed by atoms with van der Waals surface area (Å²) in [5.74, 6) is 0. The number of anilines is 2. The van der Waals surface area contributed by atoms with Crippen molar-refractivity contribution in [3.05, 3.63) is 46.3 Å². The number of hydrogen-bond donors (Lipinski definition) is 2. The number of hydrogen-bond acceptors (Lipinski definition) is 3. The number of nitrogens with one attached hydrogen (secondary N) is 1. The van der Waals surface area contributed by atoms with E-state index in [1.807, 2.05) is 0 Å². The Bertz CT molecular complexity index is 476. The van der Waals surface area contributed by atoms with Crippen molar-refractivity contribution >= 4 is 34.6 Å². The molecule has 0 spiro atoms. The lowest BCUT2D eigenvalue weighted by molar-refractivity contribution is 0.281. The molecule has 1 aromatic carbocycles. The van der Waals surface area contributed by atoms with Gasteiger partial charge in [-0.05, 0) is 18.2 Å². The third-order valence-electron chi connectivity index (χ3n) is 2.05. The van der Waals surface area contributed by atoms with Crippen LogP contribution in [0.4, 0.5) is 11.4 Å². The molecule has 0 unspecified atom stereocenters. The smallest absolute Gasteiger partial charge is 0.114 e. The van der Waals surface area contributed by atoms with Crippen LogP contribution < -0.4 is 5.32 Å². The van der Waals surface area contributed by atoms with Gasteiger partial charge in [-0.2, -0.15) is 0 Å². The van der Waals surface area contributed by atoms with Gasteiger partial charge in [-0.25, -0.2) is 0 Å². The maximum Gasteiger partial charge on any atom is 0.114 e. The van der Waals surface area contributed by atoms with Gasteiger partial charge in [-0.1, -0.05) is 23.2 Å². The Kier molecular flexibility index (Phi) is 3.39. The van der Waals surface area contributed by atoms with E-state index < -0.39 is 0 Å². The summed E-state index contributed by atoms with van der Waals surface area (Å²) in [6.45, 7) is -0.0901. The first-order chi connectivity index (χ1) is 7.69. The Hall–Kier alpha value is -1.16. The Morgan fingerprint density at radius 2 is 1.81 bits per heavy atom. The van der Waals surface area contributed by atoms with Gasteiger partial charge in [-0.15, -0.1) is 0 Å². The highest BCUT2D eigenvalue weighted by Crippen LogP contribution is 2.27. The van der Waals surface area contributed by atoms with Gasteiger partial charge in [0.25, 0.3) is 0 Å². The van der Waals surface area contributed by atoms with E-state index in [0.717, 1.165) is 5.69 Å². The van der Waals surface area contributed by atoms with Crippen molar-refractivity contribution in [3.8, 4) is 0 Å². The molecule has 0 bridgehead atoms. The summed E-state index contributed by atoms with van der Waals surface area (Å²) in [4.78, 5) is 0. The number of aliphatic hydroxyl groups is 1. The van der Waals surface area contributed by atoms with Gasteiger partial charge in [0.15, 0.2) is 0 Å². The van der Waals surface area contributed by atoms with E-state index in [4.69, 9.17) is 32.7 Å². The first-order valence-corrected chi connectivity index (χ1v) is 5.33. The number of halogens is 2. The number of benzene rings is 1. The molecule has 2 aromatic rings. The molecule has 2 N–H and O–H groups in total. The summed E-state index contributed by atoms with van der Waals surface area (Å²) in [5.41, 5.74) is 2.12. The average molecular weight is 258 g/mol. The van der Waals surface area contributed by atoms with Crippen molar-refractivity contribution in [2.75, 3.05) is 5.32 Å². The molecule has 0 amide bonds. The summed E-state index contributed by atoms with van der Waals surface area (Å²) in [6.07, 6.45) is 2.99. The fourth-order valence-electron chi connectivity index (χ4n) is 1.34. The van der Waals surface area contributed by atoms with Crippen LogP contribution in [-0.2, 0) is 6.61 Å². The van der Waals surface area contributed by atoms with E-state index in [2.05, 4.69) is 5.32 Å². The van der Waals surface area contributed by atoms with Crippen molar-refractivity contribution in [1.82, 2.24) is 0 Å². The number of rotatable bonds is 3. The maximum absolute atomic E-state index is 9.04. The molecule has 5 heteroatoms. The van der Waals surface area contributed by atoms with E-state index in [1.165, 1.54) is 12.5 Å². The van der Waals surface area contributed by atoms with Crippen molar-refractivity contribution in [2.24, 2.45) is 0 Å². The molecule has 0 radical (unpaired) electrons. The lowest BCUT2D eigenvalue weighted by Crippen LogP contribution is -1.92. The third kappa shape index (κ3) is 2.50. The highest BCUT2D eigenvalue weighted by molar-refractivity contribution is 6.35. The van der Waals surface area contributed by atoms with Crippen molar-refractivity contribution in [1.29, 1.82) is 0 Å². The predicted molar refractivity (Wildman–Crippen MR) is 64.4 cm³/mol. The van der Waals surface area contributed by atoms with Crippen LogP contribution in [0.2, 0.25) is 10.0 Å². The zero-order valence-electron chi connectivity index (χ0n) is 8.21. The van der Waals surface area contributed by atoms with E-state index in [1.54, 1.807) is 18.2 Å². The Balaban J connectivity index is 2.26. The highest BCUT2D eigenvalue weighted by Gasteiger charge is 2.05. The average Bonchev–Trinajstić information content (AvgIpc) is 2.63. The molecular formula is C11H9Cl2NO2. The van der Waals surface area contributed by atoms with Gasteiger partial charge >= 0.3 is 0 Å². The zero-order chi connectivity index (χ0) is 11.5. The van der Waals surface area contributed by atoms with E-state index in [9.17, 15) is 0 Å². The molecule has 0 aliphatic heterocycles. The summed E-state index contributed by atoms with van der Waals surface area (Å²) in [6, 6.07) is 5.12. The first-order valence-electron chi connectivity index (χ1n) is 4.58. The van der Waals surface area contributed by atoms with Crippen LogP contribution in [0.1, 0.15) is 5.56 Å². The predicted octanol–water partition coefficient (Wildman–Crippen LogP) is 3.82. The second-order valence-corrected chi connectivity index (χ2v) is 4.12. The van der Waals surface area contributed by atoms with Crippen molar-refractivity contribution in [2.45, 2.75) is 6.61 Å². The molecule has 0 aliphatic carbocycles. The number of aliphatic hydroxyl groups excluding tert-OH is 1. The van der Waals surface area contributed by atoms with Crippen LogP contribution in [0.25, 0.3) is 0 Å². The molecule has 0 atom stereocenters. The van der Waals surface area contributed by atoms with E-state index in [-0.39, 0.29) is 6.61 Å². The highest BCUT2D eigenvalue weighted by atomic mass is 35.5. The maximum atomic E-state index is 9.04. The molecule has 16 heavy (non-hydrogen) atoms. The second kappa shape index (κ2) is 4.78. The second-order valence-electron chi connectivity index (χ2n) is 3.25. The van der Waals surface area contributed by atoms with Crippen LogP contribution in [0.5, 0.6) is 0 Å². The Morgan fingerprint density at radius 1 is 1.12 bits per heavy atom. The molecule has 0 fully saturated rings. The topological polar surface area (TPSA) is 45.4 Å². The summed E-state index contributed by atoms with van der Waals surface area (Å²) in [7, 11) is 0. The molecule has 0 saturated heterocycles. The van der Waals surface area contributed by atoms with Crippen molar-refractivity contribution < 1.29 is 9.52 Å². The minimum atomic E-state index is -0.0901. The van der Waals surface area contributed by atoms with Gasteiger partial charge in [0.1, 0.15) is 6.26 Å². The quantitative estimate of drug-likeness (QED) is 0.879. The summed E-state index contributed by atoms with van der Waals surface area (Å²) < 4.78 is 4.98. The Morgan fingerprint density at radius 3 is 2.44 bits per heavy atom. The minimum absolute atomic E-state index is 0.0901. The van der Waals surface area contributed by atoms with Crippen LogP contribution in [0.15, 0.2) is 35.1 Å². The monoisotopic (exact) mass is 257 g/mol. The zero-order valence-corrected chi connectivity index (χ0v) is 9.72. The normalized spacial score (nSPS) is 10.4. The lowest BCUT2D eigenvalue weighted by atomic mass is 10.2. The Labute approximate surface area is 103 Å². The van der Waals surface area contributed by atoms with Gasteiger partial charge in [-0.3, -0.25) is 0 Å². The van der Waals surface area contributed by atoms with Crippen LogP contribution >= 0.6 is 23.2 Å². The van der Waals surface area contributed by atoms with E-state index in [0.29, 0.717) is 21.3 Å². The lowest BCUT2D eigenvalue weighted by Gasteiger charge is -2.06. The summed E-state index contributed by atoms with van der Waals surface area (Å²) in [5, 5.41) is 13.2. The third-order valence-corrected chi connectivity index (χ3v) is 2.49. The molecule has 2 rings (SSSR count). The number of furan rings is 1. The molecule has 84 valence electrons. The van der Waals surface area contributed by atoms with E-state index >= 15 is 0 Å². The molecular weight excluding hydrogens is 249 g/mol. The fourth-order valence-corrected chi connectivity index (χ4v) is 1.86. The van der Waals surface area contributed by atoms with Crippen molar-refractivity contribution in [3.63, 3.8) is 0 Å². The van der Waals surface area contributed by atoms with Gasteiger partial charge < -0.3 is 14.8 Å². The summed E-state index contributed by atoms with van der Waals surface area (Å²) >= 11 is 11.7. The van der Waals surface area contributed by atoms with Crippen LogP contribution in [0.3, 0.4) is 0 Å². The first kappa shape index (κ1) is 11.3. The van der Waals surface area contributed by atoms with Gasteiger partial charge in [0.2, 0.25) is 0 Å². The fraction of sp³-hybridized carbons (Fsp3) is 0.0909. The molecule has 0 saturated carbocycles. The van der Waals surface area contributed by atoms with Crippen LogP contribution in [-0.4, -0.2) is 5.11 Å². The molecule has 1 heterocycles. The molecule has 0 aliphatic rings.